The summed E-state index contributed by atoms with van der Waals surface area (Å²) in [5.74, 6) is 0.816. The fourth-order valence-electron chi connectivity index (χ4n) is 4.80. The number of hydrogen-bond donors (Lipinski definition) is 1. The molecule has 2 atom stereocenters. The molecular weight excluding hydrogens is 260 g/mol. The predicted molar refractivity (Wildman–Crippen MR) is 84.6 cm³/mol. The Balaban J connectivity index is 2.07. The van der Waals surface area contributed by atoms with Crippen LogP contribution in [0.4, 0.5) is 0 Å². The number of phenols is 1. The van der Waals surface area contributed by atoms with E-state index in [1.807, 2.05) is 12.1 Å². The van der Waals surface area contributed by atoms with Crippen molar-refractivity contribution < 1.29 is 9.90 Å². The minimum atomic E-state index is 0.0946. The Labute approximate surface area is 127 Å². The second-order valence-electron chi connectivity index (χ2n) is 7.27. The van der Waals surface area contributed by atoms with Crippen LogP contribution in [-0.4, -0.2) is 10.9 Å². The van der Waals surface area contributed by atoms with E-state index in [1.54, 1.807) is 0 Å². The van der Waals surface area contributed by atoms with Crippen molar-refractivity contribution >= 4 is 5.78 Å². The Morgan fingerprint density at radius 1 is 1.24 bits per heavy atom. The number of rotatable bonds is 3. The first kappa shape index (κ1) is 14.6. The van der Waals surface area contributed by atoms with Crippen LogP contribution in [-0.2, 0) is 16.6 Å². The second-order valence-corrected chi connectivity index (χ2v) is 7.27. The maximum absolute atomic E-state index is 12.2. The quantitative estimate of drug-likeness (QED) is 0.886. The molecular formula is C19H26O2. The number of ketones is 1. The molecule has 1 saturated carbocycles. The van der Waals surface area contributed by atoms with E-state index < -0.39 is 0 Å². The van der Waals surface area contributed by atoms with Crippen LogP contribution in [0.2, 0.25) is 0 Å². The predicted octanol–water partition coefficient (Wildman–Crippen LogP) is 4.53. The number of aromatic hydroxyl groups is 1. The molecule has 2 aliphatic carbocycles. The molecule has 2 aliphatic rings. The molecule has 0 aliphatic heterocycles. The van der Waals surface area contributed by atoms with E-state index in [0.29, 0.717) is 18.0 Å². The van der Waals surface area contributed by atoms with Gasteiger partial charge in [0.15, 0.2) is 0 Å². The standard InChI is InChI=1S/C19H26O2/c1-3-4-9-19-11-7-14-12-15(20)5-6-17(14)18(19,2)10-8-16(21)13-19/h5-6,12,20H,3-4,7-11,13H2,1-2H3. The van der Waals surface area contributed by atoms with Crippen molar-refractivity contribution in [1.29, 1.82) is 0 Å². The van der Waals surface area contributed by atoms with E-state index in [9.17, 15) is 9.90 Å². The molecule has 1 aromatic carbocycles. The lowest BCUT2D eigenvalue weighted by Crippen LogP contribution is -2.51. The van der Waals surface area contributed by atoms with E-state index in [1.165, 1.54) is 24.0 Å². The molecule has 1 aromatic rings. The summed E-state index contributed by atoms with van der Waals surface area (Å²) in [6.07, 6.45) is 8.07. The van der Waals surface area contributed by atoms with Crippen molar-refractivity contribution in [3.05, 3.63) is 29.3 Å². The summed E-state index contributed by atoms with van der Waals surface area (Å²) in [7, 11) is 0. The maximum atomic E-state index is 12.2. The summed E-state index contributed by atoms with van der Waals surface area (Å²) < 4.78 is 0. The van der Waals surface area contributed by atoms with Gasteiger partial charge in [-0.25, -0.2) is 0 Å². The van der Waals surface area contributed by atoms with E-state index in [2.05, 4.69) is 19.9 Å². The Hall–Kier alpha value is -1.31. The number of unbranched alkanes of at least 4 members (excludes halogenated alkanes) is 1. The first-order valence-corrected chi connectivity index (χ1v) is 8.35. The third-order valence-electron chi connectivity index (χ3n) is 6.17. The highest BCUT2D eigenvalue weighted by Crippen LogP contribution is 2.59. The fraction of sp³-hybridized carbons (Fsp3) is 0.632. The lowest BCUT2D eigenvalue weighted by atomic mass is 9.48. The SMILES string of the molecule is CCCCC12CCc3cc(O)ccc3C1(C)CCC(=O)C2. The van der Waals surface area contributed by atoms with Gasteiger partial charge < -0.3 is 5.11 Å². The zero-order valence-electron chi connectivity index (χ0n) is 13.2. The number of carbonyl (C=O) groups excluding carboxylic acids is 1. The number of aryl methyl sites for hydroxylation is 1. The summed E-state index contributed by atoms with van der Waals surface area (Å²) in [6.45, 7) is 4.59. The average Bonchev–Trinajstić information content (AvgIpc) is 2.46. The van der Waals surface area contributed by atoms with Crippen LogP contribution in [0.3, 0.4) is 0 Å². The van der Waals surface area contributed by atoms with Crippen LogP contribution in [0.15, 0.2) is 18.2 Å². The number of benzene rings is 1. The van der Waals surface area contributed by atoms with Crippen LogP contribution in [0.25, 0.3) is 0 Å². The summed E-state index contributed by atoms with van der Waals surface area (Å²) in [4.78, 5) is 12.2. The Morgan fingerprint density at radius 3 is 2.81 bits per heavy atom. The number of carbonyl (C=O) groups is 1. The van der Waals surface area contributed by atoms with Gasteiger partial charge in [-0.3, -0.25) is 4.79 Å². The molecule has 0 bridgehead atoms. The van der Waals surface area contributed by atoms with Crippen LogP contribution in [0, 0.1) is 5.41 Å². The van der Waals surface area contributed by atoms with Crippen molar-refractivity contribution in [2.75, 3.05) is 0 Å². The molecule has 1 fully saturated rings. The third kappa shape index (κ3) is 2.20. The van der Waals surface area contributed by atoms with Crippen molar-refractivity contribution in [3.63, 3.8) is 0 Å². The first-order valence-electron chi connectivity index (χ1n) is 8.35. The molecule has 0 radical (unpaired) electrons. The molecule has 2 unspecified atom stereocenters. The molecule has 0 spiro atoms. The van der Waals surface area contributed by atoms with Gasteiger partial charge in [0.05, 0.1) is 0 Å². The Kier molecular flexibility index (Phi) is 3.59. The molecule has 3 rings (SSSR count). The maximum Gasteiger partial charge on any atom is 0.133 e. The second kappa shape index (κ2) is 5.15. The van der Waals surface area contributed by atoms with Crippen molar-refractivity contribution in [1.82, 2.24) is 0 Å². The smallest absolute Gasteiger partial charge is 0.133 e. The van der Waals surface area contributed by atoms with Crippen molar-refractivity contribution in [3.8, 4) is 5.75 Å². The highest BCUT2D eigenvalue weighted by molar-refractivity contribution is 5.81. The van der Waals surface area contributed by atoms with Gasteiger partial charge in [-0.05, 0) is 59.8 Å². The molecule has 21 heavy (non-hydrogen) atoms. The number of phenolic OH excluding ortho intramolecular Hbond substituents is 1. The molecule has 2 nitrogen and oxygen atoms in total. The first-order chi connectivity index (χ1) is 10.0. The van der Waals surface area contributed by atoms with Gasteiger partial charge in [-0.1, -0.05) is 32.8 Å². The molecule has 1 N–H and O–H groups in total. The number of hydrogen-bond acceptors (Lipinski definition) is 2. The lowest BCUT2D eigenvalue weighted by Gasteiger charge is -2.56. The van der Waals surface area contributed by atoms with Crippen LogP contribution < -0.4 is 0 Å². The zero-order chi connectivity index (χ0) is 15.1. The summed E-state index contributed by atoms with van der Waals surface area (Å²) in [6, 6.07) is 5.86. The van der Waals surface area contributed by atoms with Crippen LogP contribution in [0.5, 0.6) is 5.75 Å². The number of fused-ring (bicyclic) bond motifs is 3. The molecule has 0 amide bonds. The third-order valence-corrected chi connectivity index (χ3v) is 6.17. The topological polar surface area (TPSA) is 37.3 Å². The summed E-state index contributed by atoms with van der Waals surface area (Å²) in [5.41, 5.74) is 2.91. The molecule has 0 saturated heterocycles. The minimum absolute atomic E-state index is 0.0946. The molecule has 0 aromatic heterocycles. The highest BCUT2D eigenvalue weighted by atomic mass is 16.3. The van der Waals surface area contributed by atoms with Crippen LogP contribution in [0.1, 0.15) is 69.9 Å². The molecule has 114 valence electrons. The summed E-state index contributed by atoms with van der Waals surface area (Å²) in [5, 5.41) is 9.76. The van der Waals surface area contributed by atoms with Gasteiger partial charge in [0.1, 0.15) is 11.5 Å². The van der Waals surface area contributed by atoms with Crippen LogP contribution >= 0.6 is 0 Å². The minimum Gasteiger partial charge on any atom is -0.508 e. The monoisotopic (exact) mass is 286 g/mol. The number of Topliss-reactive ketones (excluding diaryl/α,β-unsaturated/α-hetero) is 1. The fourth-order valence-corrected chi connectivity index (χ4v) is 4.80. The molecule has 0 heterocycles. The van der Waals surface area contributed by atoms with E-state index in [-0.39, 0.29) is 10.8 Å². The van der Waals surface area contributed by atoms with Gasteiger partial charge in [0.2, 0.25) is 0 Å². The van der Waals surface area contributed by atoms with Gasteiger partial charge in [0.25, 0.3) is 0 Å². The van der Waals surface area contributed by atoms with Gasteiger partial charge in [0, 0.05) is 12.8 Å². The summed E-state index contributed by atoms with van der Waals surface area (Å²) >= 11 is 0. The highest BCUT2D eigenvalue weighted by Gasteiger charge is 2.54. The van der Waals surface area contributed by atoms with Gasteiger partial charge in [-0.15, -0.1) is 0 Å². The lowest BCUT2D eigenvalue weighted by molar-refractivity contribution is -0.128. The Bertz CT molecular complexity index is 563. The van der Waals surface area contributed by atoms with Crippen molar-refractivity contribution in [2.24, 2.45) is 5.41 Å². The molecule has 2 heteroatoms. The van der Waals surface area contributed by atoms with E-state index in [0.717, 1.165) is 32.1 Å². The van der Waals surface area contributed by atoms with Gasteiger partial charge in [-0.2, -0.15) is 0 Å². The van der Waals surface area contributed by atoms with E-state index >= 15 is 0 Å². The van der Waals surface area contributed by atoms with Crippen molar-refractivity contribution in [2.45, 2.75) is 70.6 Å². The average molecular weight is 286 g/mol. The largest absolute Gasteiger partial charge is 0.508 e. The van der Waals surface area contributed by atoms with Gasteiger partial charge >= 0.3 is 0 Å². The Morgan fingerprint density at radius 2 is 2.05 bits per heavy atom. The zero-order valence-corrected chi connectivity index (χ0v) is 13.2. The van der Waals surface area contributed by atoms with E-state index in [4.69, 9.17) is 0 Å². The normalized spacial score (nSPS) is 31.6.